The molecule has 0 saturated carbocycles. The van der Waals surface area contributed by atoms with Crippen molar-refractivity contribution in [3.05, 3.63) is 65.3 Å². The van der Waals surface area contributed by atoms with E-state index in [2.05, 4.69) is 50.1 Å². The van der Waals surface area contributed by atoms with E-state index in [4.69, 9.17) is 16.6 Å². The molecule has 0 aliphatic rings. The van der Waals surface area contributed by atoms with Crippen LogP contribution in [0.25, 0.3) is 22.0 Å². The van der Waals surface area contributed by atoms with Gasteiger partial charge in [0, 0.05) is 16.0 Å². The summed E-state index contributed by atoms with van der Waals surface area (Å²) in [6, 6.07) is 18.1. The highest BCUT2D eigenvalue weighted by Gasteiger charge is 2.11. The first-order valence-electron chi connectivity index (χ1n) is 6.09. The predicted molar refractivity (Wildman–Crippen MR) is 92.8 cm³/mol. The van der Waals surface area contributed by atoms with E-state index in [1.807, 2.05) is 36.4 Å². The lowest BCUT2D eigenvalue weighted by atomic mass is 10.0. The smallest absolute Gasteiger partial charge is 0.112 e. The van der Waals surface area contributed by atoms with Crippen molar-refractivity contribution in [1.82, 2.24) is 4.98 Å². The molecule has 1 aromatic heterocycles. The summed E-state index contributed by atoms with van der Waals surface area (Å²) in [5.41, 5.74) is 2.99. The summed E-state index contributed by atoms with van der Waals surface area (Å²) >= 11 is 13.0. The number of pyridine rings is 1. The van der Waals surface area contributed by atoms with Gasteiger partial charge in [0.15, 0.2) is 0 Å². The Kier molecular flexibility index (Phi) is 4.11. The van der Waals surface area contributed by atoms with Gasteiger partial charge in [0.2, 0.25) is 0 Å². The first kappa shape index (κ1) is 14.1. The van der Waals surface area contributed by atoms with Gasteiger partial charge >= 0.3 is 0 Å². The van der Waals surface area contributed by atoms with Crippen LogP contribution >= 0.6 is 43.5 Å². The molecule has 3 aromatic rings. The van der Waals surface area contributed by atoms with Crippen LogP contribution in [-0.4, -0.2) is 4.98 Å². The van der Waals surface area contributed by atoms with E-state index in [1.54, 1.807) is 0 Å². The fourth-order valence-corrected chi connectivity index (χ4v) is 2.75. The number of aromatic nitrogens is 1. The number of alkyl halides is 2. The molecular weight excluding hydrogens is 401 g/mol. The zero-order valence-corrected chi connectivity index (χ0v) is 14.3. The highest BCUT2D eigenvalue weighted by Crippen LogP contribution is 2.34. The van der Waals surface area contributed by atoms with E-state index < -0.39 is 0 Å². The van der Waals surface area contributed by atoms with E-state index in [1.165, 1.54) is 5.39 Å². The molecule has 4 heteroatoms. The Hall–Kier alpha value is -0.900. The van der Waals surface area contributed by atoms with Gasteiger partial charge in [0.05, 0.1) is 11.4 Å². The minimum atomic E-state index is 0.0330. The number of hydrogen-bond donors (Lipinski definition) is 0. The van der Waals surface area contributed by atoms with Gasteiger partial charge in [-0.1, -0.05) is 79.9 Å². The van der Waals surface area contributed by atoms with Crippen molar-refractivity contribution in [2.45, 2.75) is 3.74 Å². The van der Waals surface area contributed by atoms with Gasteiger partial charge in [-0.25, -0.2) is 0 Å². The molecule has 1 nitrogen and oxygen atoms in total. The summed E-state index contributed by atoms with van der Waals surface area (Å²) in [5, 5.41) is 3.04. The van der Waals surface area contributed by atoms with Crippen LogP contribution in [0.2, 0.25) is 5.02 Å². The van der Waals surface area contributed by atoms with Gasteiger partial charge in [-0.05, 0) is 23.6 Å². The molecule has 0 radical (unpaired) electrons. The maximum absolute atomic E-state index is 5.96. The van der Waals surface area contributed by atoms with E-state index in [0.29, 0.717) is 0 Å². The monoisotopic (exact) mass is 409 g/mol. The summed E-state index contributed by atoms with van der Waals surface area (Å²) in [6.45, 7) is 0. The standard InChI is InChI=1S/C16H10Br2ClN/c17-16(18)14-9-11-3-1-2-4-13(11)15(20-14)10-5-7-12(19)8-6-10/h1-9,16H. The lowest BCUT2D eigenvalue weighted by molar-refractivity contribution is 1.20. The van der Waals surface area contributed by atoms with Crippen LogP contribution in [0, 0.1) is 0 Å². The summed E-state index contributed by atoms with van der Waals surface area (Å²) < 4.78 is 0.0330. The highest BCUT2D eigenvalue weighted by atomic mass is 79.9. The number of hydrogen-bond acceptors (Lipinski definition) is 1. The minimum absolute atomic E-state index is 0.0330. The molecule has 0 atom stereocenters. The third kappa shape index (κ3) is 2.76. The number of rotatable bonds is 2. The molecule has 20 heavy (non-hydrogen) atoms. The third-order valence-corrected chi connectivity index (χ3v) is 4.29. The fourth-order valence-electron chi connectivity index (χ4n) is 2.16. The zero-order valence-electron chi connectivity index (χ0n) is 10.4. The molecule has 0 saturated heterocycles. The zero-order chi connectivity index (χ0) is 14.1. The molecule has 100 valence electrons. The van der Waals surface area contributed by atoms with E-state index in [-0.39, 0.29) is 3.74 Å². The van der Waals surface area contributed by atoms with Crippen molar-refractivity contribution < 1.29 is 0 Å². The minimum Gasteiger partial charge on any atom is -0.250 e. The quantitative estimate of drug-likeness (QED) is 0.448. The van der Waals surface area contributed by atoms with Crippen LogP contribution in [0.4, 0.5) is 0 Å². The first-order valence-corrected chi connectivity index (χ1v) is 8.30. The number of nitrogens with zero attached hydrogens (tertiary/aromatic N) is 1. The number of fused-ring (bicyclic) bond motifs is 1. The van der Waals surface area contributed by atoms with Crippen LogP contribution in [-0.2, 0) is 0 Å². The third-order valence-electron chi connectivity index (χ3n) is 3.10. The molecule has 0 spiro atoms. The summed E-state index contributed by atoms with van der Waals surface area (Å²) in [7, 11) is 0. The molecule has 0 bridgehead atoms. The Labute approximate surface area is 139 Å². The first-order chi connectivity index (χ1) is 9.65. The Morgan fingerprint density at radius 1 is 0.950 bits per heavy atom. The SMILES string of the molecule is Clc1ccc(-c2nc(C(Br)Br)cc3ccccc23)cc1. The van der Waals surface area contributed by atoms with Crippen LogP contribution in [0.1, 0.15) is 9.43 Å². The predicted octanol–water partition coefficient (Wildman–Crippen LogP) is 6.34. The lowest BCUT2D eigenvalue weighted by Gasteiger charge is -2.10. The van der Waals surface area contributed by atoms with Crippen molar-refractivity contribution in [3.8, 4) is 11.3 Å². The van der Waals surface area contributed by atoms with Gasteiger partial charge in [-0.3, -0.25) is 4.98 Å². The Morgan fingerprint density at radius 2 is 1.65 bits per heavy atom. The van der Waals surface area contributed by atoms with Crippen molar-refractivity contribution in [1.29, 1.82) is 0 Å². The van der Waals surface area contributed by atoms with Crippen LogP contribution in [0.5, 0.6) is 0 Å². The molecule has 0 fully saturated rings. The summed E-state index contributed by atoms with van der Waals surface area (Å²) in [4.78, 5) is 4.76. The second-order valence-corrected chi connectivity index (χ2v) is 7.92. The molecule has 1 heterocycles. The van der Waals surface area contributed by atoms with E-state index >= 15 is 0 Å². The molecule has 0 aliphatic heterocycles. The van der Waals surface area contributed by atoms with E-state index in [0.717, 1.165) is 27.4 Å². The average Bonchev–Trinajstić information content (AvgIpc) is 2.47. The van der Waals surface area contributed by atoms with Gasteiger partial charge in [-0.15, -0.1) is 0 Å². The normalized spacial score (nSPS) is 11.2. The molecular formula is C16H10Br2ClN. The average molecular weight is 412 g/mol. The molecule has 3 rings (SSSR count). The van der Waals surface area contributed by atoms with Crippen LogP contribution in [0.3, 0.4) is 0 Å². The van der Waals surface area contributed by atoms with Gasteiger partial charge in [0.1, 0.15) is 3.74 Å². The molecule has 0 amide bonds. The molecule has 0 N–H and O–H groups in total. The summed E-state index contributed by atoms with van der Waals surface area (Å²) in [5.74, 6) is 0. The fraction of sp³-hybridized carbons (Fsp3) is 0.0625. The van der Waals surface area contributed by atoms with Crippen molar-refractivity contribution in [2.75, 3.05) is 0 Å². The Balaban J connectivity index is 2.29. The van der Waals surface area contributed by atoms with Gasteiger partial charge in [0.25, 0.3) is 0 Å². The number of benzene rings is 2. The van der Waals surface area contributed by atoms with Crippen LogP contribution in [0.15, 0.2) is 54.6 Å². The number of halogens is 3. The van der Waals surface area contributed by atoms with E-state index in [9.17, 15) is 0 Å². The molecule has 0 aliphatic carbocycles. The molecule has 0 unspecified atom stereocenters. The van der Waals surface area contributed by atoms with Crippen molar-refractivity contribution in [2.24, 2.45) is 0 Å². The second kappa shape index (κ2) is 5.84. The maximum atomic E-state index is 5.96. The molecule has 2 aromatic carbocycles. The van der Waals surface area contributed by atoms with Crippen LogP contribution < -0.4 is 0 Å². The maximum Gasteiger partial charge on any atom is 0.112 e. The summed E-state index contributed by atoms with van der Waals surface area (Å²) in [6.07, 6.45) is 0. The largest absolute Gasteiger partial charge is 0.250 e. The highest BCUT2D eigenvalue weighted by molar-refractivity contribution is 9.24. The Morgan fingerprint density at radius 3 is 2.35 bits per heavy atom. The Bertz CT molecular complexity index is 754. The van der Waals surface area contributed by atoms with Gasteiger partial charge < -0.3 is 0 Å². The van der Waals surface area contributed by atoms with Crippen molar-refractivity contribution >= 4 is 54.2 Å². The van der Waals surface area contributed by atoms with Crippen molar-refractivity contribution in [3.63, 3.8) is 0 Å². The lowest BCUT2D eigenvalue weighted by Crippen LogP contribution is -1.93. The topological polar surface area (TPSA) is 12.9 Å². The van der Waals surface area contributed by atoms with Gasteiger partial charge in [-0.2, -0.15) is 0 Å². The second-order valence-electron chi connectivity index (χ2n) is 4.42.